The fourth-order valence-electron chi connectivity index (χ4n) is 3.16. The standard InChI is InChI=1S/C20H25FNO13P/c1-10(23)29-9-15(21)16-17(30-11(2)24)18(31-12(3)25)19(32-13(4)26)20(33-16)35-36(27,28)34-14-6-5-7-22-8-14/h5-8,15-20H,9H2,1-4H3,(H,27,28)/t15-,16?,17+,18?,19+,20-/m0/s1. The summed E-state index contributed by atoms with van der Waals surface area (Å²) in [5.74, 6) is -3.94. The maximum atomic E-state index is 15.1. The van der Waals surface area contributed by atoms with Gasteiger partial charge in [0.25, 0.3) is 0 Å². The number of rotatable bonds is 10. The van der Waals surface area contributed by atoms with Crippen molar-refractivity contribution in [3.8, 4) is 5.75 Å². The molecule has 1 aliphatic heterocycles. The number of hydrogen-bond donors (Lipinski definition) is 1. The Kier molecular flexibility index (Phi) is 10.3. The summed E-state index contributed by atoms with van der Waals surface area (Å²) in [6, 6.07) is 2.68. The summed E-state index contributed by atoms with van der Waals surface area (Å²) in [6.07, 6.45) is -9.08. The molecule has 0 saturated carbocycles. The minimum atomic E-state index is -5.07. The van der Waals surface area contributed by atoms with Crippen molar-refractivity contribution in [2.24, 2.45) is 0 Å². The molecule has 0 bridgehead atoms. The van der Waals surface area contributed by atoms with Gasteiger partial charge in [0.05, 0.1) is 6.20 Å². The molecule has 0 radical (unpaired) electrons. The molecule has 0 amide bonds. The van der Waals surface area contributed by atoms with E-state index in [4.69, 9.17) is 28.0 Å². The van der Waals surface area contributed by atoms with Gasteiger partial charge in [0, 0.05) is 33.9 Å². The Morgan fingerprint density at radius 3 is 2.14 bits per heavy atom. The number of carbonyl (C=O) groups is 4. The normalized spacial score (nSPS) is 26.0. The summed E-state index contributed by atoms with van der Waals surface area (Å²) in [5, 5.41) is 0. The highest BCUT2D eigenvalue weighted by molar-refractivity contribution is 7.47. The Balaban J connectivity index is 2.47. The van der Waals surface area contributed by atoms with Crippen LogP contribution < -0.4 is 4.52 Å². The number of halogens is 1. The number of aromatic nitrogens is 1. The molecule has 1 aromatic rings. The second kappa shape index (κ2) is 12.7. The molecule has 0 aliphatic carbocycles. The van der Waals surface area contributed by atoms with Gasteiger partial charge in [-0.3, -0.25) is 29.1 Å². The first-order valence-electron chi connectivity index (χ1n) is 10.3. The van der Waals surface area contributed by atoms with Crippen LogP contribution in [0.3, 0.4) is 0 Å². The molecule has 7 atom stereocenters. The molecule has 1 fully saturated rings. The lowest BCUT2D eigenvalue weighted by atomic mass is 9.95. The Labute approximate surface area is 204 Å². The predicted molar refractivity (Wildman–Crippen MR) is 113 cm³/mol. The maximum Gasteiger partial charge on any atom is 0.529 e. The molecular weight excluding hydrogens is 512 g/mol. The first-order chi connectivity index (χ1) is 16.8. The second-order valence-corrected chi connectivity index (χ2v) is 8.69. The van der Waals surface area contributed by atoms with Gasteiger partial charge in [-0.15, -0.1) is 0 Å². The van der Waals surface area contributed by atoms with Gasteiger partial charge in [-0.2, -0.15) is 0 Å². The van der Waals surface area contributed by atoms with E-state index in [1.54, 1.807) is 0 Å². The van der Waals surface area contributed by atoms with Gasteiger partial charge in [0.2, 0.25) is 6.29 Å². The molecule has 0 aromatic carbocycles. The molecule has 16 heteroatoms. The molecular formula is C20H25FNO13P. The number of esters is 4. The highest BCUT2D eigenvalue weighted by atomic mass is 31.2. The molecule has 14 nitrogen and oxygen atoms in total. The summed E-state index contributed by atoms with van der Waals surface area (Å²) >= 11 is 0. The maximum absolute atomic E-state index is 15.1. The lowest BCUT2D eigenvalue weighted by Crippen LogP contribution is -2.64. The number of phosphoric acid groups is 1. The largest absolute Gasteiger partial charge is 0.529 e. The van der Waals surface area contributed by atoms with Gasteiger partial charge < -0.3 is 28.2 Å². The van der Waals surface area contributed by atoms with E-state index < -0.39 is 75.2 Å². The van der Waals surface area contributed by atoms with Crippen LogP contribution in [0.25, 0.3) is 0 Å². The van der Waals surface area contributed by atoms with Crippen LogP contribution in [0.15, 0.2) is 24.5 Å². The quantitative estimate of drug-likeness (QED) is 0.253. The van der Waals surface area contributed by atoms with Crippen molar-refractivity contribution in [3.63, 3.8) is 0 Å². The van der Waals surface area contributed by atoms with Crippen molar-refractivity contribution >= 4 is 31.7 Å². The van der Waals surface area contributed by atoms with E-state index >= 15 is 4.39 Å². The van der Waals surface area contributed by atoms with E-state index in [0.717, 1.165) is 33.9 Å². The number of carbonyl (C=O) groups excluding carboxylic acids is 4. The van der Waals surface area contributed by atoms with Crippen molar-refractivity contribution < 1.29 is 65.8 Å². The topological polar surface area (TPSA) is 183 Å². The highest BCUT2D eigenvalue weighted by Gasteiger charge is 2.56. The SMILES string of the molecule is CC(=O)OC[C@H](F)C1O[C@@H](OP(=O)(O)Oc2cccnc2)[C@H](OC(C)=O)C(OC(C)=O)[C@@H]1OC(C)=O. The fraction of sp³-hybridized carbons (Fsp3) is 0.550. The van der Waals surface area contributed by atoms with Crippen LogP contribution in [0, 0.1) is 0 Å². The fourth-order valence-corrected chi connectivity index (χ4v) is 4.01. The molecule has 2 rings (SSSR count). The first kappa shape index (κ1) is 29.1. The molecule has 1 aromatic heterocycles. The van der Waals surface area contributed by atoms with Crippen LogP contribution in [0.4, 0.5) is 4.39 Å². The molecule has 3 unspecified atom stereocenters. The van der Waals surface area contributed by atoms with Crippen molar-refractivity contribution in [2.45, 2.75) is 64.6 Å². The number of phosphoric ester groups is 1. The van der Waals surface area contributed by atoms with E-state index in [1.807, 2.05) is 0 Å². The average molecular weight is 537 g/mol. The summed E-state index contributed by atoms with van der Waals surface area (Å²) < 4.78 is 63.1. The smallest absolute Gasteiger partial charge is 0.463 e. The molecule has 200 valence electrons. The zero-order valence-corrected chi connectivity index (χ0v) is 20.5. The van der Waals surface area contributed by atoms with Crippen molar-refractivity contribution in [1.29, 1.82) is 0 Å². The van der Waals surface area contributed by atoms with Crippen LogP contribution in [0.2, 0.25) is 0 Å². The second-order valence-electron chi connectivity index (χ2n) is 7.36. The Morgan fingerprint density at radius 1 is 1.03 bits per heavy atom. The zero-order chi connectivity index (χ0) is 27.0. The van der Waals surface area contributed by atoms with Crippen molar-refractivity contribution in [3.05, 3.63) is 24.5 Å². The van der Waals surface area contributed by atoms with Crippen molar-refractivity contribution in [1.82, 2.24) is 4.98 Å². The van der Waals surface area contributed by atoms with E-state index in [2.05, 4.69) is 9.72 Å². The summed E-state index contributed by atoms with van der Waals surface area (Å²) in [4.78, 5) is 60.5. The monoisotopic (exact) mass is 537 g/mol. The zero-order valence-electron chi connectivity index (χ0n) is 19.6. The first-order valence-corrected chi connectivity index (χ1v) is 11.8. The van der Waals surface area contributed by atoms with Crippen LogP contribution in [-0.2, 0) is 52.0 Å². The van der Waals surface area contributed by atoms with Gasteiger partial charge in [-0.1, -0.05) is 0 Å². The van der Waals surface area contributed by atoms with E-state index in [9.17, 15) is 28.6 Å². The average Bonchev–Trinajstić information content (AvgIpc) is 2.75. The number of ether oxygens (including phenoxy) is 5. The van der Waals surface area contributed by atoms with Gasteiger partial charge in [0.15, 0.2) is 24.5 Å². The molecule has 2 heterocycles. The minimum absolute atomic E-state index is 0.188. The van der Waals surface area contributed by atoms with Crippen molar-refractivity contribution in [2.75, 3.05) is 6.61 Å². The lowest BCUT2D eigenvalue weighted by Gasteiger charge is -2.44. The number of hydrogen-bond acceptors (Lipinski definition) is 13. The van der Waals surface area contributed by atoms with Crippen LogP contribution in [0.1, 0.15) is 27.7 Å². The molecule has 36 heavy (non-hydrogen) atoms. The van der Waals surface area contributed by atoms with E-state index in [-0.39, 0.29) is 5.75 Å². The number of nitrogens with zero attached hydrogens (tertiary/aromatic N) is 1. The molecule has 1 saturated heterocycles. The Hall–Kier alpha value is -3.13. The summed E-state index contributed by atoms with van der Waals surface area (Å²) in [7, 11) is -5.07. The molecule has 0 spiro atoms. The third-order valence-electron chi connectivity index (χ3n) is 4.33. The lowest BCUT2D eigenvalue weighted by molar-refractivity contribution is -0.296. The van der Waals surface area contributed by atoms with E-state index in [0.29, 0.717) is 0 Å². The Bertz CT molecular complexity index is 993. The van der Waals surface area contributed by atoms with Crippen LogP contribution >= 0.6 is 7.82 Å². The van der Waals surface area contributed by atoms with Crippen LogP contribution in [-0.4, -0.2) is 77.2 Å². The van der Waals surface area contributed by atoms with Gasteiger partial charge in [-0.25, -0.2) is 13.5 Å². The summed E-state index contributed by atoms with van der Waals surface area (Å²) in [6.45, 7) is 3.01. The van der Waals surface area contributed by atoms with E-state index in [1.165, 1.54) is 18.3 Å². The third-order valence-corrected chi connectivity index (χ3v) is 5.25. The molecule has 1 N–H and O–H groups in total. The number of alkyl halides is 1. The van der Waals surface area contributed by atoms with Gasteiger partial charge in [-0.05, 0) is 12.1 Å². The predicted octanol–water partition coefficient (Wildman–Crippen LogP) is 0.999. The minimum Gasteiger partial charge on any atom is -0.463 e. The molecule has 1 aliphatic rings. The highest BCUT2D eigenvalue weighted by Crippen LogP contribution is 2.47. The number of pyridine rings is 1. The summed E-state index contributed by atoms with van der Waals surface area (Å²) in [5.41, 5.74) is 0. The third kappa shape index (κ3) is 8.82. The Morgan fingerprint density at radius 2 is 1.61 bits per heavy atom. The van der Waals surface area contributed by atoms with Gasteiger partial charge in [0.1, 0.15) is 18.5 Å². The van der Waals surface area contributed by atoms with Crippen LogP contribution in [0.5, 0.6) is 5.75 Å². The van der Waals surface area contributed by atoms with Gasteiger partial charge >= 0.3 is 31.7 Å².